The summed E-state index contributed by atoms with van der Waals surface area (Å²) in [6.45, 7) is 0. The minimum atomic E-state index is -0.502. The van der Waals surface area contributed by atoms with E-state index >= 15 is 0 Å². The number of benzene rings is 3. The van der Waals surface area contributed by atoms with Crippen LogP contribution in [0.4, 0.5) is 0 Å². The topological polar surface area (TPSA) is 117 Å². The van der Waals surface area contributed by atoms with Gasteiger partial charge in [0.25, 0.3) is 0 Å². The summed E-state index contributed by atoms with van der Waals surface area (Å²) in [6, 6.07) is 15.1. The van der Waals surface area contributed by atoms with E-state index < -0.39 is 17.3 Å². The summed E-state index contributed by atoms with van der Waals surface area (Å²) >= 11 is 0. The highest BCUT2D eigenvalue weighted by Crippen LogP contribution is 2.46. The van der Waals surface area contributed by atoms with Crippen LogP contribution in [0.15, 0.2) is 69.9 Å². The molecule has 4 aromatic rings. The summed E-state index contributed by atoms with van der Waals surface area (Å²) in [5.41, 5.74) is 1.42. The van der Waals surface area contributed by atoms with Crippen LogP contribution in [0.3, 0.4) is 0 Å². The maximum Gasteiger partial charge on any atom is 0.312 e. The largest absolute Gasteiger partial charge is 0.508 e. The van der Waals surface area contributed by atoms with Gasteiger partial charge in [-0.15, -0.1) is 0 Å². The number of rotatable bonds is 2. The fourth-order valence-corrected chi connectivity index (χ4v) is 3.92. The van der Waals surface area contributed by atoms with Gasteiger partial charge in [-0.05, 0) is 42.0 Å². The normalized spacial score (nSPS) is 15.5. The Labute approximate surface area is 175 Å². The number of aromatic hydroxyl groups is 3. The highest BCUT2D eigenvalue weighted by molar-refractivity contribution is 5.93. The van der Waals surface area contributed by atoms with Crippen molar-refractivity contribution >= 4 is 16.9 Å². The lowest BCUT2D eigenvalue weighted by Gasteiger charge is -2.26. The van der Waals surface area contributed by atoms with Gasteiger partial charge in [0.15, 0.2) is 5.43 Å². The fraction of sp³-hybridized carbons (Fsp3) is 0.0833. The number of hydrogen-bond donors (Lipinski definition) is 3. The Morgan fingerprint density at radius 1 is 0.839 bits per heavy atom. The molecule has 31 heavy (non-hydrogen) atoms. The second kappa shape index (κ2) is 6.91. The standard InChI is InChI=1S/C24H16O7/c25-14-5-1-12(2-6-14)16-9-21(29)30-20-11-18(28)23-17(27)10-19(31-24(23)22(16)20)13-3-7-15(26)8-4-13/h1-8,10-11,16,25-26,28H,9H2/t16-/m1/s1. The first-order chi connectivity index (χ1) is 14.9. The van der Waals surface area contributed by atoms with Gasteiger partial charge in [0.2, 0.25) is 0 Å². The third kappa shape index (κ3) is 3.16. The molecule has 0 saturated heterocycles. The molecule has 0 saturated carbocycles. The molecule has 7 nitrogen and oxygen atoms in total. The summed E-state index contributed by atoms with van der Waals surface area (Å²) in [4.78, 5) is 25.1. The van der Waals surface area contributed by atoms with Crippen molar-refractivity contribution in [2.24, 2.45) is 0 Å². The van der Waals surface area contributed by atoms with E-state index in [4.69, 9.17) is 9.15 Å². The molecule has 1 aromatic heterocycles. The third-order valence-corrected chi connectivity index (χ3v) is 5.37. The molecule has 154 valence electrons. The molecule has 0 fully saturated rings. The molecule has 0 spiro atoms. The molecule has 0 amide bonds. The SMILES string of the molecule is O=C1C[C@H](c2ccc(O)cc2)c2c(cc(O)c3c(=O)cc(-c4ccc(O)cc4)oc23)O1. The number of fused-ring (bicyclic) bond motifs is 3. The van der Waals surface area contributed by atoms with Crippen molar-refractivity contribution < 1.29 is 29.3 Å². The van der Waals surface area contributed by atoms with Gasteiger partial charge in [0.05, 0.1) is 6.42 Å². The van der Waals surface area contributed by atoms with Gasteiger partial charge >= 0.3 is 5.97 Å². The Balaban J connectivity index is 1.81. The summed E-state index contributed by atoms with van der Waals surface area (Å²) in [7, 11) is 0. The van der Waals surface area contributed by atoms with E-state index in [2.05, 4.69) is 0 Å². The van der Waals surface area contributed by atoms with Gasteiger partial charge in [0.1, 0.15) is 39.7 Å². The molecule has 3 N–H and O–H groups in total. The van der Waals surface area contributed by atoms with E-state index in [1.165, 1.54) is 36.4 Å². The average Bonchev–Trinajstić information content (AvgIpc) is 2.73. The van der Waals surface area contributed by atoms with E-state index in [1.54, 1.807) is 24.3 Å². The van der Waals surface area contributed by atoms with Gasteiger partial charge in [-0.1, -0.05) is 12.1 Å². The van der Waals surface area contributed by atoms with Crippen LogP contribution >= 0.6 is 0 Å². The minimum Gasteiger partial charge on any atom is -0.508 e. The van der Waals surface area contributed by atoms with Gasteiger partial charge in [-0.25, -0.2) is 0 Å². The zero-order valence-corrected chi connectivity index (χ0v) is 16.0. The monoisotopic (exact) mass is 416 g/mol. The van der Waals surface area contributed by atoms with Crippen molar-refractivity contribution in [3.8, 4) is 34.3 Å². The Kier molecular flexibility index (Phi) is 4.18. The lowest BCUT2D eigenvalue weighted by Crippen LogP contribution is -2.22. The number of phenols is 3. The molecule has 1 atom stereocenters. The van der Waals surface area contributed by atoms with Gasteiger partial charge in [-0.2, -0.15) is 0 Å². The van der Waals surface area contributed by atoms with Crippen molar-refractivity contribution in [2.45, 2.75) is 12.3 Å². The predicted octanol–water partition coefficient (Wildman–Crippen LogP) is 4.02. The minimum absolute atomic E-state index is 0.00476. The zero-order valence-electron chi connectivity index (χ0n) is 16.0. The second-order valence-electron chi connectivity index (χ2n) is 7.36. The van der Waals surface area contributed by atoms with E-state index in [0.717, 1.165) is 5.56 Å². The molecular formula is C24H16O7. The van der Waals surface area contributed by atoms with Crippen LogP contribution in [0.1, 0.15) is 23.5 Å². The number of hydrogen-bond acceptors (Lipinski definition) is 7. The summed E-state index contributed by atoms with van der Waals surface area (Å²) in [5.74, 6) is -0.823. The molecule has 0 bridgehead atoms. The molecule has 0 aliphatic carbocycles. The average molecular weight is 416 g/mol. The van der Waals surface area contributed by atoms with Gasteiger partial charge < -0.3 is 24.5 Å². The van der Waals surface area contributed by atoms with Crippen LogP contribution in [0.25, 0.3) is 22.3 Å². The quantitative estimate of drug-likeness (QED) is 0.334. The molecule has 5 rings (SSSR count). The predicted molar refractivity (Wildman–Crippen MR) is 111 cm³/mol. The Morgan fingerprint density at radius 2 is 1.48 bits per heavy atom. The van der Waals surface area contributed by atoms with Crippen molar-refractivity contribution in [1.29, 1.82) is 0 Å². The summed E-state index contributed by atoms with van der Waals surface area (Å²) in [5, 5.41) is 29.6. The molecule has 3 aromatic carbocycles. The molecule has 0 radical (unpaired) electrons. The van der Waals surface area contributed by atoms with Gasteiger partial charge in [0, 0.05) is 29.2 Å². The van der Waals surface area contributed by atoms with Crippen LogP contribution in [0.2, 0.25) is 0 Å². The van der Waals surface area contributed by atoms with E-state index in [-0.39, 0.29) is 46.1 Å². The van der Waals surface area contributed by atoms with E-state index in [1.807, 2.05) is 0 Å². The molecule has 1 aliphatic rings. The highest BCUT2D eigenvalue weighted by atomic mass is 16.5. The zero-order chi connectivity index (χ0) is 21.7. The van der Waals surface area contributed by atoms with Crippen molar-refractivity contribution in [3.05, 3.63) is 82.0 Å². The van der Waals surface area contributed by atoms with E-state index in [9.17, 15) is 24.9 Å². The summed E-state index contributed by atoms with van der Waals surface area (Å²) < 4.78 is 11.4. The maximum atomic E-state index is 12.9. The van der Waals surface area contributed by atoms with Crippen LogP contribution < -0.4 is 10.2 Å². The highest BCUT2D eigenvalue weighted by Gasteiger charge is 2.33. The number of carbonyl (C=O) groups excluding carboxylic acids is 1. The first-order valence-electron chi connectivity index (χ1n) is 9.53. The van der Waals surface area contributed by atoms with Crippen LogP contribution in [-0.2, 0) is 4.79 Å². The second-order valence-corrected chi connectivity index (χ2v) is 7.36. The molecule has 0 unspecified atom stereocenters. The Bertz CT molecular complexity index is 1380. The molecule has 1 aliphatic heterocycles. The third-order valence-electron chi connectivity index (χ3n) is 5.37. The summed E-state index contributed by atoms with van der Waals surface area (Å²) in [6.07, 6.45) is 0.00476. The number of carbonyl (C=O) groups is 1. The van der Waals surface area contributed by atoms with Crippen LogP contribution in [-0.4, -0.2) is 21.3 Å². The van der Waals surface area contributed by atoms with Crippen molar-refractivity contribution in [3.63, 3.8) is 0 Å². The van der Waals surface area contributed by atoms with Crippen LogP contribution in [0, 0.1) is 0 Å². The first-order valence-corrected chi connectivity index (χ1v) is 9.53. The van der Waals surface area contributed by atoms with Crippen molar-refractivity contribution in [1.82, 2.24) is 0 Å². The van der Waals surface area contributed by atoms with E-state index in [0.29, 0.717) is 11.1 Å². The number of phenolic OH excluding ortho intramolecular Hbond substituents is 3. The Hall–Kier alpha value is -4.26. The fourth-order valence-electron chi connectivity index (χ4n) is 3.92. The molecular weight excluding hydrogens is 400 g/mol. The number of esters is 1. The Morgan fingerprint density at radius 3 is 2.16 bits per heavy atom. The molecule has 7 heteroatoms. The molecule has 2 heterocycles. The lowest BCUT2D eigenvalue weighted by atomic mass is 9.85. The van der Waals surface area contributed by atoms with Gasteiger partial charge in [-0.3, -0.25) is 9.59 Å². The maximum absolute atomic E-state index is 12.9. The number of ether oxygens (including phenoxy) is 1. The first kappa shape index (κ1) is 18.7. The smallest absolute Gasteiger partial charge is 0.312 e. The van der Waals surface area contributed by atoms with Crippen molar-refractivity contribution in [2.75, 3.05) is 0 Å². The van der Waals surface area contributed by atoms with Crippen LogP contribution in [0.5, 0.6) is 23.0 Å². The lowest BCUT2D eigenvalue weighted by molar-refractivity contribution is -0.135.